The molecule has 17 heavy (non-hydrogen) atoms. The minimum absolute atomic E-state index is 0. The SMILES string of the molecule is Cl.Cl.NCCNC(=O)c1ccc(CON)cc1. The lowest BCUT2D eigenvalue weighted by molar-refractivity contribution is 0.0954. The molecule has 0 spiro atoms. The zero-order chi connectivity index (χ0) is 11.1. The highest BCUT2D eigenvalue weighted by Crippen LogP contribution is 2.04. The first kappa shape index (κ1) is 18.5. The van der Waals surface area contributed by atoms with E-state index in [1.54, 1.807) is 24.3 Å². The lowest BCUT2D eigenvalue weighted by atomic mass is 10.1. The quantitative estimate of drug-likeness (QED) is 0.690. The molecule has 0 unspecified atom stereocenters. The van der Waals surface area contributed by atoms with Crippen molar-refractivity contribution in [2.45, 2.75) is 6.61 Å². The second-order valence-corrected chi connectivity index (χ2v) is 3.05. The van der Waals surface area contributed by atoms with Crippen molar-refractivity contribution in [3.63, 3.8) is 0 Å². The zero-order valence-electron chi connectivity index (χ0n) is 9.22. The Kier molecular flexibility index (Phi) is 11.2. The van der Waals surface area contributed by atoms with Crippen LogP contribution in [0.5, 0.6) is 0 Å². The number of hydrogen-bond acceptors (Lipinski definition) is 4. The number of amides is 1. The molecule has 0 aliphatic rings. The van der Waals surface area contributed by atoms with Gasteiger partial charge >= 0.3 is 0 Å². The summed E-state index contributed by atoms with van der Waals surface area (Å²) in [5, 5.41) is 2.68. The predicted octanol–water partition coefficient (Wildman–Crippen LogP) is 0.609. The van der Waals surface area contributed by atoms with E-state index in [0.717, 1.165) is 5.56 Å². The first-order valence-corrected chi connectivity index (χ1v) is 4.67. The van der Waals surface area contributed by atoms with E-state index in [0.29, 0.717) is 25.3 Å². The van der Waals surface area contributed by atoms with Crippen LogP contribution in [0.4, 0.5) is 0 Å². The van der Waals surface area contributed by atoms with E-state index in [2.05, 4.69) is 10.2 Å². The van der Waals surface area contributed by atoms with Crippen molar-refractivity contribution in [2.24, 2.45) is 11.6 Å². The van der Waals surface area contributed by atoms with Crippen LogP contribution in [0.1, 0.15) is 15.9 Å². The highest BCUT2D eigenvalue weighted by atomic mass is 35.5. The fraction of sp³-hybridized carbons (Fsp3) is 0.300. The van der Waals surface area contributed by atoms with Gasteiger partial charge in [0, 0.05) is 18.7 Å². The number of halogens is 2. The van der Waals surface area contributed by atoms with Crippen LogP contribution in [0.2, 0.25) is 0 Å². The summed E-state index contributed by atoms with van der Waals surface area (Å²) in [6.07, 6.45) is 0. The van der Waals surface area contributed by atoms with Gasteiger partial charge in [0.15, 0.2) is 0 Å². The van der Waals surface area contributed by atoms with E-state index in [1.807, 2.05) is 0 Å². The van der Waals surface area contributed by atoms with Gasteiger partial charge in [0.1, 0.15) is 0 Å². The minimum Gasteiger partial charge on any atom is -0.351 e. The third-order valence-corrected chi connectivity index (χ3v) is 1.90. The highest BCUT2D eigenvalue weighted by molar-refractivity contribution is 5.94. The standard InChI is InChI=1S/C10H15N3O2.2ClH/c11-5-6-13-10(14)9-3-1-8(2-4-9)7-15-12;;/h1-4H,5-7,11-12H2,(H,13,14);2*1H. The monoisotopic (exact) mass is 281 g/mol. The van der Waals surface area contributed by atoms with E-state index in [4.69, 9.17) is 11.6 Å². The molecule has 0 aliphatic heterocycles. The Hall–Kier alpha value is -0.850. The molecular weight excluding hydrogens is 265 g/mol. The van der Waals surface area contributed by atoms with Crippen molar-refractivity contribution in [3.8, 4) is 0 Å². The van der Waals surface area contributed by atoms with E-state index < -0.39 is 0 Å². The van der Waals surface area contributed by atoms with Gasteiger partial charge in [-0.2, -0.15) is 0 Å². The van der Waals surface area contributed by atoms with Gasteiger partial charge in [-0.3, -0.25) is 9.63 Å². The summed E-state index contributed by atoms with van der Waals surface area (Å²) in [5.74, 6) is 4.81. The molecular formula is C10H17Cl2N3O2. The zero-order valence-corrected chi connectivity index (χ0v) is 10.9. The average Bonchev–Trinajstić information content (AvgIpc) is 2.27. The smallest absolute Gasteiger partial charge is 0.251 e. The van der Waals surface area contributed by atoms with Gasteiger partial charge in [-0.25, -0.2) is 5.90 Å². The fourth-order valence-corrected chi connectivity index (χ4v) is 1.14. The first-order chi connectivity index (χ1) is 7.27. The molecule has 0 saturated heterocycles. The number of hydrogen-bond donors (Lipinski definition) is 3. The number of carbonyl (C=O) groups excluding carboxylic acids is 1. The lowest BCUT2D eigenvalue weighted by Crippen LogP contribution is -2.28. The van der Waals surface area contributed by atoms with Crippen LogP contribution in [-0.4, -0.2) is 19.0 Å². The summed E-state index contributed by atoms with van der Waals surface area (Å²) in [7, 11) is 0. The van der Waals surface area contributed by atoms with E-state index in [1.165, 1.54) is 0 Å². The van der Waals surface area contributed by atoms with E-state index >= 15 is 0 Å². The normalized spacial score (nSPS) is 8.82. The Bertz CT molecular complexity index is 320. The summed E-state index contributed by atoms with van der Waals surface area (Å²) in [5.41, 5.74) is 6.80. The highest BCUT2D eigenvalue weighted by Gasteiger charge is 2.03. The van der Waals surface area contributed by atoms with Crippen LogP contribution in [-0.2, 0) is 11.4 Å². The second-order valence-electron chi connectivity index (χ2n) is 3.05. The van der Waals surface area contributed by atoms with E-state index in [-0.39, 0.29) is 30.7 Å². The molecule has 5 N–H and O–H groups in total. The van der Waals surface area contributed by atoms with Crippen LogP contribution in [0, 0.1) is 0 Å². The van der Waals surface area contributed by atoms with Gasteiger partial charge in [-0.05, 0) is 17.7 Å². The molecule has 0 aliphatic carbocycles. The summed E-state index contributed by atoms with van der Waals surface area (Å²) < 4.78 is 0. The molecule has 0 saturated carbocycles. The van der Waals surface area contributed by atoms with Gasteiger partial charge < -0.3 is 11.1 Å². The molecule has 0 fully saturated rings. The number of nitrogens with two attached hydrogens (primary N) is 2. The molecule has 1 aromatic carbocycles. The molecule has 0 bridgehead atoms. The van der Waals surface area contributed by atoms with Crippen LogP contribution in [0.3, 0.4) is 0 Å². The van der Waals surface area contributed by atoms with Crippen molar-refractivity contribution in [1.29, 1.82) is 0 Å². The molecule has 0 radical (unpaired) electrons. The predicted molar refractivity (Wildman–Crippen MR) is 71.3 cm³/mol. The number of benzene rings is 1. The maximum absolute atomic E-state index is 11.5. The number of rotatable bonds is 5. The Labute approximate surface area is 113 Å². The van der Waals surface area contributed by atoms with Gasteiger partial charge in [0.2, 0.25) is 0 Å². The van der Waals surface area contributed by atoms with Crippen molar-refractivity contribution >= 4 is 30.7 Å². The largest absolute Gasteiger partial charge is 0.351 e. The lowest BCUT2D eigenvalue weighted by Gasteiger charge is -2.04. The minimum atomic E-state index is -0.124. The van der Waals surface area contributed by atoms with Crippen molar-refractivity contribution in [3.05, 3.63) is 35.4 Å². The Morgan fingerprint density at radius 1 is 1.24 bits per heavy atom. The molecule has 0 heterocycles. The number of nitrogens with one attached hydrogen (secondary N) is 1. The van der Waals surface area contributed by atoms with Crippen molar-refractivity contribution in [1.82, 2.24) is 5.32 Å². The third-order valence-electron chi connectivity index (χ3n) is 1.90. The maximum atomic E-state index is 11.5. The number of carbonyl (C=O) groups is 1. The molecule has 0 aromatic heterocycles. The Morgan fingerprint density at radius 3 is 2.29 bits per heavy atom. The van der Waals surface area contributed by atoms with Crippen LogP contribution >= 0.6 is 24.8 Å². The van der Waals surface area contributed by atoms with Crippen molar-refractivity contribution < 1.29 is 9.63 Å². The van der Waals surface area contributed by atoms with Gasteiger partial charge in [0.25, 0.3) is 5.91 Å². The van der Waals surface area contributed by atoms with E-state index in [9.17, 15) is 4.79 Å². The first-order valence-electron chi connectivity index (χ1n) is 4.67. The summed E-state index contributed by atoms with van der Waals surface area (Å²) >= 11 is 0. The third kappa shape index (κ3) is 6.45. The molecule has 0 atom stereocenters. The fourth-order valence-electron chi connectivity index (χ4n) is 1.14. The van der Waals surface area contributed by atoms with Crippen LogP contribution in [0.15, 0.2) is 24.3 Å². The van der Waals surface area contributed by atoms with Gasteiger partial charge in [-0.15, -0.1) is 24.8 Å². The van der Waals surface area contributed by atoms with Gasteiger partial charge in [-0.1, -0.05) is 12.1 Å². The molecule has 98 valence electrons. The molecule has 1 rings (SSSR count). The van der Waals surface area contributed by atoms with Gasteiger partial charge in [0.05, 0.1) is 6.61 Å². The summed E-state index contributed by atoms with van der Waals surface area (Å²) in [4.78, 5) is 15.9. The second kappa shape index (κ2) is 10.3. The van der Waals surface area contributed by atoms with Crippen molar-refractivity contribution in [2.75, 3.05) is 13.1 Å². The Morgan fingerprint density at radius 2 is 1.82 bits per heavy atom. The van der Waals surface area contributed by atoms with Crippen LogP contribution < -0.4 is 16.9 Å². The van der Waals surface area contributed by atoms with Crippen LogP contribution in [0.25, 0.3) is 0 Å². The molecule has 1 aromatic rings. The summed E-state index contributed by atoms with van der Waals surface area (Å²) in [6.45, 7) is 1.25. The maximum Gasteiger partial charge on any atom is 0.251 e. The molecule has 5 nitrogen and oxygen atoms in total. The summed E-state index contributed by atoms with van der Waals surface area (Å²) in [6, 6.07) is 7.04. The topological polar surface area (TPSA) is 90.4 Å². The average molecular weight is 282 g/mol. The molecule has 7 heteroatoms. The Balaban J connectivity index is 0. The molecule has 1 amide bonds.